The van der Waals surface area contributed by atoms with Crippen molar-refractivity contribution in [1.29, 1.82) is 0 Å². The minimum atomic E-state index is -0.571. The maximum atomic E-state index is 12.9. The Morgan fingerprint density at radius 1 is 1.50 bits per heavy atom. The molecule has 0 saturated heterocycles. The number of hydrogen-bond donors (Lipinski definition) is 2. The van der Waals surface area contributed by atoms with Crippen molar-refractivity contribution in [2.24, 2.45) is 5.73 Å². The minimum Gasteiger partial charge on any atom is -0.348 e. The first-order valence-corrected chi connectivity index (χ1v) is 5.30. The highest BCUT2D eigenvalue weighted by Gasteiger charge is 2.13. The second kappa shape index (κ2) is 5.27. The summed E-state index contributed by atoms with van der Waals surface area (Å²) in [5.74, 6) is -0.732. The monoisotopic (exact) mass is 244 g/mol. The summed E-state index contributed by atoms with van der Waals surface area (Å²) in [6, 6.07) is 3.51. The van der Waals surface area contributed by atoms with Crippen LogP contribution in [0.2, 0.25) is 5.02 Å². The zero-order valence-electron chi connectivity index (χ0n) is 9.13. The van der Waals surface area contributed by atoms with Crippen LogP contribution in [0.5, 0.6) is 0 Å². The first-order chi connectivity index (χ1) is 7.41. The summed E-state index contributed by atoms with van der Waals surface area (Å²) in [5.41, 5.74) is 6.15. The molecule has 3 nitrogen and oxygen atoms in total. The van der Waals surface area contributed by atoms with Crippen LogP contribution in [0, 0.1) is 5.82 Å². The van der Waals surface area contributed by atoms with Gasteiger partial charge in [-0.2, -0.15) is 0 Å². The van der Waals surface area contributed by atoms with Gasteiger partial charge in [-0.3, -0.25) is 4.79 Å². The number of carbonyl (C=O) groups is 1. The number of hydrogen-bond acceptors (Lipinski definition) is 2. The largest absolute Gasteiger partial charge is 0.348 e. The Morgan fingerprint density at radius 3 is 2.62 bits per heavy atom. The van der Waals surface area contributed by atoms with E-state index in [4.69, 9.17) is 17.3 Å². The molecule has 0 bridgehead atoms. The summed E-state index contributed by atoms with van der Waals surface area (Å²) in [6.45, 7) is 3.38. The van der Waals surface area contributed by atoms with E-state index in [0.717, 1.165) is 5.56 Å². The smallest absolute Gasteiger partial charge is 0.237 e. The highest BCUT2D eigenvalue weighted by molar-refractivity contribution is 6.30. The second-order valence-electron chi connectivity index (χ2n) is 3.69. The molecule has 0 aliphatic heterocycles. The summed E-state index contributed by atoms with van der Waals surface area (Å²) >= 11 is 5.64. The van der Waals surface area contributed by atoms with E-state index in [9.17, 15) is 9.18 Å². The maximum absolute atomic E-state index is 12.9. The van der Waals surface area contributed by atoms with Crippen molar-refractivity contribution < 1.29 is 9.18 Å². The molecule has 3 N–H and O–H groups in total. The molecule has 0 fully saturated rings. The molecule has 0 saturated carbocycles. The van der Waals surface area contributed by atoms with Crippen molar-refractivity contribution in [3.8, 4) is 0 Å². The van der Waals surface area contributed by atoms with Gasteiger partial charge in [0.1, 0.15) is 5.82 Å². The molecule has 1 aromatic carbocycles. The molecular weight excluding hydrogens is 231 g/mol. The van der Waals surface area contributed by atoms with Gasteiger partial charge in [0, 0.05) is 0 Å². The van der Waals surface area contributed by atoms with Gasteiger partial charge in [-0.25, -0.2) is 4.39 Å². The van der Waals surface area contributed by atoms with Crippen molar-refractivity contribution in [3.63, 3.8) is 0 Å². The molecule has 5 heteroatoms. The van der Waals surface area contributed by atoms with Crippen molar-refractivity contribution in [1.82, 2.24) is 5.32 Å². The van der Waals surface area contributed by atoms with E-state index >= 15 is 0 Å². The number of carbonyl (C=O) groups excluding carboxylic acids is 1. The van der Waals surface area contributed by atoms with Crippen molar-refractivity contribution in [3.05, 3.63) is 34.6 Å². The van der Waals surface area contributed by atoms with Crippen LogP contribution in [0.25, 0.3) is 0 Å². The van der Waals surface area contributed by atoms with Crippen molar-refractivity contribution in [2.75, 3.05) is 0 Å². The Balaban J connectivity index is 2.77. The van der Waals surface area contributed by atoms with E-state index in [1.807, 2.05) is 0 Å². The van der Waals surface area contributed by atoms with Crippen LogP contribution < -0.4 is 11.1 Å². The quantitative estimate of drug-likeness (QED) is 0.855. The third kappa shape index (κ3) is 3.18. The lowest BCUT2D eigenvalue weighted by atomic mass is 10.1. The molecule has 1 aromatic rings. The van der Waals surface area contributed by atoms with Gasteiger partial charge < -0.3 is 11.1 Å². The first-order valence-electron chi connectivity index (χ1n) is 4.92. The number of nitrogens with two attached hydrogens (primary N) is 1. The van der Waals surface area contributed by atoms with Crippen molar-refractivity contribution >= 4 is 17.5 Å². The van der Waals surface area contributed by atoms with Gasteiger partial charge in [0.25, 0.3) is 0 Å². The van der Waals surface area contributed by atoms with Gasteiger partial charge in [-0.1, -0.05) is 17.7 Å². The highest BCUT2D eigenvalue weighted by Crippen LogP contribution is 2.20. The number of halogens is 2. The molecule has 0 aliphatic rings. The minimum absolute atomic E-state index is 0.0411. The highest BCUT2D eigenvalue weighted by atomic mass is 35.5. The molecule has 0 aliphatic carbocycles. The summed E-state index contributed by atoms with van der Waals surface area (Å²) in [5, 5.41) is 2.74. The number of amides is 1. The molecule has 16 heavy (non-hydrogen) atoms. The lowest BCUT2D eigenvalue weighted by Crippen LogP contribution is -2.39. The van der Waals surface area contributed by atoms with Crippen LogP contribution in [0.1, 0.15) is 25.5 Å². The molecule has 0 radical (unpaired) electrons. The third-order valence-electron chi connectivity index (χ3n) is 2.22. The average molecular weight is 245 g/mol. The van der Waals surface area contributed by atoms with Gasteiger partial charge in [-0.05, 0) is 31.5 Å². The summed E-state index contributed by atoms with van der Waals surface area (Å²) < 4.78 is 12.9. The summed E-state index contributed by atoms with van der Waals surface area (Å²) in [4.78, 5) is 11.3. The SMILES string of the molecule is CC(NC(=O)[C@@H](C)N)c1ccc(F)c(Cl)c1. The normalized spacial score (nSPS) is 14.3. The van der Waals surface area contributed by atoms with Crippen LogP contribution in [-0.2, 0) is 4.79 Å². The Bertz CT molecular complexity index is 396. The van der Waals surface area contributed by atoms with Gasteiger partial charge >= 0.3 is 0 Å². The topological polar surface area (TPSA) is 55.1 Å². The third-order valence-corrected chi connectivity index (χ3v) is 2.51. The van der Waals surface area contributed by atoms with Gasteiger partial charge in [0.05, 0.1) is 17.1 Å². The molecule has 2 atom stereocenters. The fourth-order valence-electron chi connectivity index (χ4n) is 1.21. The van der Waals surface area contributed by atoms with E-state index in [-0.39, 0.29) is 17.0 Å². The van der Waals surface area contributed by atoms with E-state index < -0.39 is 11.9 Å². The van der Waals surface area contributed by atoms with Crippen LogP contribution >= 0.6 is 11.6 Å². The Morgan fingerprint density at radius 2 is 2.12 bits per heavy atom. The van der Waals surface area contributed by atoms with E-state index in [1.165, 1.54) is 12.1 Å². The van der Waals surface area contributed by atoms with Crippen molar-refractivity contribution in [2.45, 2.75) is 25.9 Å². The number of benzene rings is 1. The Labute approximate surface area is 98.8 Å². The van der Waals surface area contributed by atoms with E-state index in [0.29, 0.717) is 0 Å². The van der Waals surface area contributed by atoms with E-state index in [1.54, 1.807) is 19.9 Å². The molecule has 1 unspecified atom stereocenters. The fourth-order valence-corrected chi connectivity index (χ4v) is 1.40. The molecular formula is C11H14ClFN2O. The zero-order chi connectivity index (χ0) is 12.3. The van der Waals surface area contributed by atoms with Crippen LogP contribution in [0.3, 0.4) is 0 Å². The predicted molar refractivity (Wildman–Crippen MR) is 61.6 cm³/mol. The van der Waals surface area contributed by atoms with Gasteiger partial charge in [0.15, 0.2) is 0 Å². The average Bonchev–Trinajstić information content (AvgIpc) is 2.21. The summed E-state index contributed by atoms with van der Waals surface area (Å²) in [7, 11) is 0. The predicted octanol–water partition coefficient (Wildman–Crippen LogP) is 2.00. The molecule has 0 heterocycles. The first kappa shape index (κ1) is 12.9. The van der Waals surface area contributed by atoms with Crippen LogP contribution in [0.15, 0.2) is 18.2 Å². The maximum Gasteiger partial charge on any atom is 0.237 e. The summed E-state index contributed by atoms with van der Waals surface area (Å²) in [6.07, 6.45) is 0. The van der Waals surface area contributed by atoms with Gasteiger partial charge in [0.2, 0.25) is 5.91 Å². The Hall–Kier alpha value is -1.13. The molecule has 88 valence electrons. The lowest BCUT2D eigenvalue weighted by molar-refractivity contribution is -0.122. The molecule has 0 aromatic heterocycles. The van der Waals surface area contributed by atoms with E-state index in [2.05, 4.69) is 5.32 Å². The lowest BCUT2D eigenvalue weighted by Gasteiger charge is -2.16. The second-order valence-corrected chi connectivity index (χ2v) is 4.10. The number of rotatable bonds is 3. The Kier molecular flexibility index (Phi) is 4.26. The number of nitrogens with one attached hydrogen (secondary N) is 1. The van der Waals surface area contributed by atoms with Gasteiger partial charge in [-0.15, -0.1) is 0 Å². The zero-order valence-corrected chi connectivity index (χ0v) is 9.88. The molecule has 1 rings (SSSR count). The fraction of sp³-hybridized carbons (Fsp3) is 0.364. The molecule has 1 amide bonds. The van der Waals surface area contributed by atoms with Crippen LogP contribution in [0.4, 0.5) is 4.39 Å². The standard InChI is InChI=1S/C11H14ClFN2O/c1-6(14)11(16)15-7(2)8-3-4-10(13)9(12)5-8/h3-7H,14H2,1-2H3,(H,15,16)/t6-,7?/m1/s1. The molecule has 0 spiro atoms. The van der Waals surface area contributed by atoms with Crippen LogP contribution in [-0.4, -0.2) is 11.9 Å².